The molecule has 82 valence electrons. The van der Waals surface area contributed by atoms with Gasteiger partial charge in [-0.15, -0.1) is 0 Å². The summed E-state index contributed by atoms with van der Waals surface area (Å²) in [5, 5.41) is 3.49. The summed E-state index contributed by atoms with van der Waals surface area (Å²) in [7, 11) is 1.73. The van der Waals surface area contributed by atoms with Crippen LogP contribution in [0, 0.1) is 6.92 Å². The van der Waals surface area contributed by atoms with Crippen molar-refractivity contribution in [2.75, 3.05) is 13.7 Å². The van der Waals surface area contributed by atoms with Gasteiger partial charge >= 0.3 is 0 Å². The molecule has 1 aliphatic heterocycles. The van der Waals surface area contributed by atoms with Gasteiger partial charge in [-0.05, 0) is 47.8 Å². The number of rotatable bonds is 2. The molecule has 2 rings (SSSR count). The normalized spacial score (nSPS) is 20.6. The number of hydrogen-bond donors (Lipinski definition) is 1. The lowest BCUT2D eigenvalue weighted by Crippen LogP contribution is -2.14. The van der Waals surface area contributed by atoms with E-state index in [1.165, 1.54) is 24.0 Å². The number of methoxy groups -OCH3 is 1. The Hall–Kier alpha value is -0.540. The zero-order chi connectivity index (χ0) is 10.8. The lowest BCUT2D eigenvalue weighted by molar-refractivity contribution is 0.400. The van der Waals surface area contributed by atoms with E-state index >= 15 is 0 Å². The standard InChI is InChI=1S/C12H16BrNO/c1-8-5-6-9(10-4-3-7-14-10)12(15-2)11(8)13/h5-6,10,14H,3-4,7H2,1-2H3. The molecular weight excluding hydrogens is 254 g/mol. The first kappa shape index (κ1) is 11.0. The molecule has 1 saturated heterocycles. The van der Waals surface area contributed by atoms with Crippen molar-refractivity contribution in [3.63, 3.8) is 0 Å². The molecule has 0 spiro atoms. The summed E-state index contributed by atoms with van der Waals surface area (Å²) in [4.78, 5) is 0. The molecule has 0 aliphatic carbocycles. The van der Waals surface area contributed by atoms with E-state index in [4.69, 9.17) is 4.74 Å². The fourth-order valence-corrected chi connectivity index (χ4v) is 2.62. The molecule has 2 nitrogen and oxygen atoms in total. The van der Waals surface area contributed by atoms with Crippen molar-refractivity contribution in [1.82, 2.24) is 5.32 Å². The summed E-state index contributed by atoms with van der Waals surface area (Å²) in [5.41, 5.74) is 2.49. The van der Waals surface area contributed by atoms with Crippen molar-refractivity contribution >= 4 is 15.9 Å². The molecule has 0 radical (unpaired) electrons. The van der Waals surface area contributed by atoms with E-state index in [0.717, 1.165) is 16.8 Å². The van der Waals surface area contributed by atoms with Gasteiger partial charge in [0.15, 0.2) is 0 Å². The van der Waals surface area contributed by atoms with Crippen LogP contribution in [0.25, 0.3) is 0 Å². The number of aryl methyl sites for hydroxylation is 1. The van der Waals surface area contributed by atoms with Gasteiger partial charge in [-0.25, -0.2) is 0 Å². The number of benzene rings is 1. The van der Waals surface area contributed by atoms with Gasteiger partial charge < -0.3 is 10.1 Å². The highest BCUT2D eigenvalue weighted by Gasteiger charge is 2.21. The second-order valence-electron chi connectivity index (χ2n) is 3.97. The third kappa shape index (κ3) is 2.04. The molecule has 0 bridgehead atoms. The zero-order valence-corrected chi connectivity index (χ0v) is 10.7. The van der Waals surface area contributed by atoms with Gasteiger partial charge in [0.05, 0.1) is 11.6 Å². The van der Waals surface area contributed by atoms with Crippen molar-refractivity contribution in [3.05, 3.63) is 27.7 Å². The summed E-state index contributed by atoms with van der Waals surface area (Å²) >= 11 is 3.59. The topological polar surface area (TPSA) is 21.3 Å². The van der Waals surface area contributed by atoms with E-state index in [0.29, 0.717) is 6.04 Å². The molecule has 1 atom stereocenters. The Balaban J connectivity index is 2.41. The Kier molecular flexibility index (Phi) is 3.32. The van der Waals surface area contributed by atoms with Crippen LogP contribution in [0.5, 0.6) is 5.75 Å². The molecule has 1 aromatic rings. The number of hydrogen-bond acceptors (Lipinski definition) is 2. The predicted molar refractivity (Wildman–Crippen MR) is 65.4 cm³/mol. The van der Waals surface area contributed by atoms with Crippen LogP contribution in [0.4, 0.5) is 0 Å². The smallest absolute Gasteiger partial charge is 0.138 e. The Morgan fingerprint density at radius 3 is 2.87 bits per heavy atom. The lowest BCUT2D eigenvalue weighted by Gasteiger charge is -2.17. The molecule has 1 aromatic carbocycles. The predicted octanol–water partition coefficient (Wildman–Crippen LogP) is 3.19. The van der Waals surface area contributed by atoms with Crippen molar-refractivity contribution in [3.8, 4) is 5.75 Å². The molecule has 15 heavy (non-hydrogen) atoms. The maximum absolute atomic E-state index is 5.48. The second-order valence-corrected chi connectivity index (χ2v) is 4.76. The first-order valence-corrected chi connectivity index (χ1v) is 6.09. The molecule has 0 aromatic heterocycles. The first-order valence-electron chi connectivity index (χ1n) is 5.30. The van der Waals surface area contributed by atoms with Crippen LogP contribution in [0.3, 0.4) is 0 Å². The van der Waals surface area contributed by atoms with E-state index in [9.17, 15) is 0 Å². The minimum Gasteiger partial charge on any atom is -0.495 e. The Morgan fingerprint density at radius 1 is 1.47 bits per heavy atom. The summed E-state index contributed by atoms with van der Waals surface area (Å²) in [6, 6.07) is 4.76. The van der Waals surface area contributed by atoms with Crippen LogP contribution in [0.2, 0.25) is 0 Å². The van der Waals surface area contributed by atoms with Crippen molar-refractivity contribution in [2.45, 2.75) is 25.8 Å². The quantitative estimate of drug-likeness (QED) is 0.891. The lowest BCUT2D eigenvalue weighted by atomic mass is 10.0. The molecule has 0 amide bonds. The molecule has 1 unspecified atom stereocenters. The highest BCUT2D eigenvalue weighted by atomic mass is 79.9. The zero-order valence-electron chi connectivity index (χ0n) is 9.14. The molecule has 3 heteroatoms. The van der Waals surface area contributed by atoms with Gasteiger partial charge in [-0.1, -0.05) is 12.1 Å². The number of ether oxygens (including phenoxy) is 1. The van der Waals surface area contributed by atoms with E-state index in [1.54, 1.807) is 7.11 Å². The van der Waals surface area contributed by atoms with Crippen LogP contribution in [-0.2, 0) is 0 Å². The van der Waals surface area contributed by atoms with Gasteiger partial charge in [0.2, 0.25) is 0 Å². The molecular formula is C12H16BrNO. The van der Waals surface area contributed by atoms with Crippen molar-refractivity contribution < 1.29 is 4.74 Å². The third-order valence-corrected chi connectivity index (χ3v) is 3.95. The highest BCUT2D eigenvalue weighted by molar-refractivity contribution is 9.10. The van der Waals surface area contributed by atoms with E-state index in [1.807, 2.05) is 0 Å². The van der Waals surface area contributed by atoms with E-state index in [2.05, 4.69) is 40.3 Å². The van der Waals surface area contributed by atoms with Gasteiger partial charge in [-0.3, -0.25) is 0 Å². The Morgan fingerprint density at radius 2 is 2.27 bits per heavy atom. The molecule has 1 aliphatic rings. The average molecular weight is 270 g/mol. The van der Waals surface area contributed by atoms with Crippen LogP contribution in [-0.4, -0.2) is 13.7 Å². The first-order chi connectivity index (χ1) is 7.24. The van der Waals surface area contributed by atoms with Crippen molar-refractivity contribution in [2.24, 2.45) is 0 Å². The summed E-state index contributed by atoms with van der Waals surface area (Å²) in [6.07, 6.45) is 2.45. The summed E-state index contributed by atoms with van der Waals surface area (Å²) in [6.45, 7) is 3.19. The Bertz CT molecular complexity index is 359. The number of nitrogens with one attached hydrogen (secondary N) is 1. The Labute approximate surface area is 99.1 Å². The minimum atomic E-state index is 0.455. The van der Waals surface area contributed by atoms with Gasteiger partial charge in [0, 0.05) is 11.6 Å². The third-order valence-electron chi connectivity index (χ3n) is 2.96. The maximum atomic E-state index is 5.48. The highest BCUT2D eigenvalue weighted by Crippen LogP contribution is 2.37. The molecule has 1 N–H and O–H groups in total. The SMILES string of the molecule is COc1c(C2CCCN2)ccc(C)c1Br. The van der Waals surface area contributed by atoms with E-state index in [-0.39, 0.29) is 0 Å². The van der Waals surface area contributed by atoms with Gasteiger partial charge in [0.25, 0.3) is 0 Å². The van der Waals surface area contributed by atoms with Gasteiger partial charge in [-0.2, -0.15) is 0 Å². The summed E-state index contributed by atoms with van der Waals surface area (Å²) < 4.78 is 6.56. The van der Waals surface area contributed by atoms with Crippen LogP contribution < -0.4 is 10.1 Å². The summed E-state index contributed by atoms with van der Waals surface area (Å²) in [5.74, 6) is 0.981. The average Bonchev–Trinajstić information content (AvgIpc) is 2.75. The van der Waals surface area contributed by atoms with Gasteiger partial charge in [0.1, 0.15) is 5.75 Å². The fraction of sp³-hybridized carbons (Fsp3) is 0.500. The number of halogens is 1. The monoisotopic (exact) mass is 269 g/mol. The fourth-order valence-electron chi connectivity index (χ4n) is 2.10. The molecule has 1 fully saturated rings. The van der Waals surface area contributed by atoms with E-state index < -0.39 is 0 Å². The second kappa shape index (κ2) is 4.54. The minimum absolute atomic E-state index is 0.455. The van der Waals surface area contributed by atoms with Crippen molar-refractivity contribution in [1.29, 1.82) is 0 Å². The van der Waals surface area contributed by atoms with Crippen LogP contribution >= 0.6 is 15.9 Å². The van der Waals surface area contributed by atoms with Crippen LogP contribution in [0.1, 0.15) is 30.0 Å². The molecule has 1 heterocycles. The van der Waals surface area contributed by atoms with Crippen LogP contribution in [0.15, 0.2) is 16.6 Å². The largest absolute Gasteiger partial charge is 0.495 e. The maximum Gasteiger partial charge on any atom is 0.138 e. The molecule has 0 saturated carbocycles.